The van der Waals surface area contributed by atoms with E-state index in [9.17, 15) is 8.42 Å². The van der Waals surface area contributed by atoms with Gasteiger partial charge in [0.1, 0.15) is 0 Å². The Kier molecular flexibility index (Phi) is 3.20. The third-order valence-corrected chi connectivity index (χ3v) is 7.56. The first-order valence-corrected chi connectivity index (χ1v) is 9.81. The van der Waals surface area contributed by atoms with Gasteiger partial charge < -0.3 is 8.83 Å². The molecular formula is C19H17NO4S. The molecule has 5 nitrogen and oxygen atoms in total. The maximum atomic E-state index is 12.9. The predicted octanol–water partition coefficient (Wildman–Crippen LogP) is 3.29. The van der Waals surface area contributed by atoms with Crippen molar-refractivity contribution in [3.63, 3.8) is 0 Å². The SMILES string of the molecule is O=S1(=O)c2ccc(-c3ccoc3)cc2[C@H]2CN(Cc3ccoc3)C[C@H]21. The highest BCUT2D eigenvalue weighted by Gasteiger charge is 2.50. The third-order valence-electron chi connectivity index (χ3n) is 5.30. The average molecular weight is 355 g/mol. The zero-order valence-corrected chi connectivity index (χ0v) is 14.3. The Balaban J connectivity index is 1.51. The second-order valence-electron chi connectivity index (χ2n) is 6.78. The van der Waals surface area contributed by atoms with Crippen LogP contribution in [0.3, 0.4) is 0 Å². The molecule has 4 heterocycles. The molecule has 0 aliphatic carbocycles. The fourth-order valence-corrected chi connectivity index (χ4v) is 6.30. The Bertz CT molecular complexity index is 1010. The van der Waals surface area contributed by atoms with Gasteiger partial charge in [-0.2, -0.15) is 0 Å². The minimum Gasteiger partial charge on any atom is -0.472 e. The van der Waals surface area contributed by atoms with Crippen LogP contribution in [0.5, 0.6) is 0 Å². The van der Waals surface area contributed by atoms with Crippen molar-refractivity contribution in [2.75, 3.05) is 13.1 Å². The molecule has 2 aliphatic rings. The number of fused-ring (bicyclic) bond motifs is 3. The number of likely N-dealkylation sites (tertiary alicyclic amines) is 1. The summed E-state index contributed by atoms with van der Waals surface area (Å²) in [5.41, 5.74) is 3.98. The molecule has 0 saturated carbocycles. The highest BCUT2D eigenvalue weighted by Crippen LogP contribution is 2.46. The van der Waals surface area contributed by atoms with Gasteiger partial charge in [-0.1, -0.05) is 6.07 Å². The Morgan fingerprint density at radius 3 is 2.60 bits per heavy atom. The van der Waals surface area contributed by atoms with Crippen molar-refractivity contribution in [1.82, 2.24) is 4.90 Å². The lowest BCUT2D eigenvalue weighted by Crippen LogP contribution is -2.25. The van der Waals surface area contributed by atoms with E-state index >= 15 is 0 Å². The normalized spacial score (nSPS) is 24.3. The smallest absolute Gasteiger partial charge is 0.183 e. The lowest BCUT2D eigenvalue weighted by Gasteiger charge is -2.16. The highest BCUT2D eigenvalue weighted by atomic mass is 32.2. The van der Waals surface area contributed by atoms with Crippen LogP contribution in [0.25, 0.3) is 11.1 Å². The lowest BCUT2D eigenvalue weighted by molar-refractivity contribution is 0.324. The van der Waals surface area contributed by atoms with Crippen LogP contribution in [-0.4, -0.2) is 31.7 Å². The van der Waals surface area contributed by atoms with E-state index < -0.39 is 9.84 Å². The minimum atomic E-state index is -3.27. The average Bonchev–Trinajstić information content (AvgIpc) is 3.37. The van der Waals surface area contributed by atoms with Gasteiger partial charge in [-0.3, -0.25) is 4.90 Å². The van der Waals surface area contributed by atoms with Gasteiger partial charge in [0.25, 0.3) is 0 Å². The van der Waals surface area contributed by atoms with Crippen LogP contribution in [0, 0.1) is 0 Å². The second-order valence-corrected chi connectivity index (χ2v) is 8.92. The highest BCUT2D eigenvalue weighted by molar-refractivity contribution is 7.92. The number of hydrogen-bond donors (Lipinski definition) is 0. The quantitative estimate of drug-likeness (QED) is 0.721. The molecule has 1 aromatic carbocycles. The van der Waals surface area contributed by atoms with E-state index in [1.54, 1.807) is 31.1 Å². The van der Waals surface area contributed by atoms with Crippen LogP contribution >= 0.6 is 0 Å². The first-order valence-electron chi connectivity index (χ1n) is 8.27. The summed E-state index contributed by atoms with van der Waals surface area (Å²) in [6, 6.07) is 9.46. The lowest BCUT2D eigenvalue weighted by atomic mass is 9.95. The monoisotopic (exact) mass is 355 g/mol. The Morgan fingerprint density at radius 2 is 1.84 bits per heavy atom. The van der Waals surface area contributed by atoms with Crippen LogP contribution in [0.2, 0.25) is 0 Å². The van der Waals surface area contributed by atoms with Gasteiger partial charge in [0.05, 0.1) is 35.2 Å². The van der Waals surface area contributed by atoms with Crippen molar-refractivity contribution in [1.29, 1.82) is 0 Å². The Hall–Kier alpha value is -2.31. The Morgan fingerprint density at radius 1 is 1.00 bits per heavy atom. The van der Waals surface area contributed by atoms with E-state index in [-0.39, 0.29) is 11.2 Å². The molecule has 1 saturated heterocycles. The maximum Gasteiger partial charge on any atom is 0.183 e. The minimum absolute atomic E-state index is 0.0266. The summed E-state index contributed by atoms with van der Waals surface area (Å²) in [4.78, 5) is 2.70. The van der Waals surface area contributed by atoms with Crippen LogP contribution in [0.1, 0.15) is 17.0 Å². The van der Waals surface area contributed by atoms with E-state index in [4.69, 9.17) is 8.83 Å². The summed E-state index contributed by atoms with van der Waals surface area (Å²) in [5.74, 6) is 0.0266. The van der Waals surface area contributed by atoms with Crippen LogP contribution in [0.15, 0.2) is 69.1 Å². The fraction of sp³-hybridized carbons (Fsp3) is 0.263. The summed E-state index contributed by atoms with van der Waals surface area (Å²) in [5, 5.41) is -0.353. The van der Waals surface area contributed by atoms with Crippen LogP contribution < -0.4 is 0 Å². The van der Waals surface area contributed by atoms with E-state index in [1.807, 2.05) is 24.3 Å². The molecule has 0 bridgehead atoms. The molecular weight excluding hydrogens is 338 g/mol. The topological polar surface area (TPSA) is 63.7 Å². The zero-order chi connectivity index (χ0) is 17.0. The number of nitrogens with zero attached hydrogens (tertiary/aromatic N) is 1. The van der Waals surface area contributed by atoms with Gasteiger partial charge in [0, 0.05) is 36.7 Å². The molecule has 6 heteroatoms. The van der Waals surface area contributed by atoms with E-state index in [1.165, 1.54) is 0 Å². The molecule has 0 spiro atoms. The van der Waals surface area contributed by atoms with Crippen LogP contribution in [-0.2, 0) is 16.4 Å². The first kappa shape index (κ1) is 15.0. The number of furan rings is 2. The summed E-state index contributed by atoms with van der Waals surface area (Å²) in [6.07, 6.45) is 6.68. The van der Waals surface area contributed by atoms with Gasteiger partial charge in [0.2, 0.25) is 0 Å². The summed E-state index contributed by atoms with van der Waals surface area (Å²) in [6.45, 7) is 2.03. The summed E-state index contributed by atoms with van der Waals surface area (Å²) >= 11 is 0. The van der Waals surface area contributed by atoms with E-state index in [0.29, 0.717) is 11.4 Å². The molecule has 0 N–H and O–H groups in total. The van der Waals surface area contributed by atoms with Gasteiger partial charge >= 0.3 is 0 Å². The van der Waals surface area contributed by atoms with Crippen molar-refractivity contribution in [2.45, 2.75) is 22.6 Å². The third kappa shape index (κ3) is 2.28. The van der Waals surface area contributed by atoms with Crippen molar-refractivity contribution in [2.24, 2.45) is 0 Å². The molecule has 0 amide bonds. The van der Waals surface area contributed by atoms with Crippen molar-refractivity contribution in [3.05, 3.63) is 66.5 Å². The number of rotatable bonds is 3. The predicted molar refractivity (Wildman–Crippen MR) is 91.8 cm³/mol. The fourth-order valence-electron chi connectivity index (χ4n) is 4.10. The van der Waals surface area contributed by atoms with Crippen LogP contribution in [0.4, 0.5) is 0 Å². The van der Waals surface area contributed by atoms with E-state index in [0.717, 1.165) is 35.3 Å². The number of hydrogen-bond acceptors (Lipinski definition) is 5. The van der Waals surface area contributed by atoms with Gasteiger partial charge in [-0.15, -0.1) is 0 Å². The molecule has 128 valence electrons. The molecule has 0 radical (unpaired) electrons. The molecule has 25 heavy (non-hydrogen) atoms. The second kappa shape index (κ2) is 5.34. The Labute approximate surface area is 145 Å². The first-order chi connectivity index (χ1) is 12.1. The standard InChI is InChI=1S/C19H17NO4S/c21-25(22)18-2-1-14(15-4-6-24-12-15)7-16(18)17-9-20(10-19(17)25)8-13-3-5-23-11-13/h1-7,11-12,17,19H,8-10H2/t17-,19-/m1/s1. The van der Waals surface area contributed by atoms with Gasteiger partial charge in [-0.05, 0) is 35.4 Å². The molecule has 1 fully saturated rings. The zero-order valence-electron chi connectivity index (χ0n) is 13.5. The van der Waals surface area contributed by atoms with Crippen molar-refractivity contribution in [3.8, 4) is 11.1 Å². The van der Waals surface area contributed by atoms with Crippen molar-refractivity contribution < 1.29 is 17.3 Å². The molecule has 2 aromatic heterocycles. The van der Waals surface area contributed by atoms with Crippen molar-refractivity contribution >= 4 is 9.84 Å². The summed E-state index contributed by atoms with van der Waals surface area (Å²) in [7, 11) is -3.27. The number of benzene rings is 1. The largest absolute Gasteiger partial charge is 0.472 e. The van der Waals surface area contributed by atoms with Gasteiger partial charge in [-0.25, -0.2) is 8.42 Å². The molecule has 3 aromatic rings. The molecule has 2 atom stereocenters. The molecule has 5 rings (SSSR count). The summed E-state index contributed by atoms with van der Waals surface area (Å²) < 4.78 is 36.2. The molecule has 0 unspecified atom stereocenters. The maximum absolute atomic E-state index is 12.9. The molecule has 2 aliphatic heterocycles. The van der Waals surface area contributed by atoms with Gasteiger partial charge in [0.15, 0.2) is 9.84 Å². The number of sulfone groups is 1. The van der Waals surface area contributed by atoms with E-state index in [2.05, 4.69) is 4.90 Å².